The summed E-state index contributed by atoms with van der Waals surface area (Å²) in [6.45, 7) is -1.04. The van der Waals surface area contributed by atoms with Crippen molar-refractivity contribution in [2.45, 2.75) is 20.7 Å². The van der Waals surface area contributed by atoms with Crippen molar-refractivity contribution in [3.05, 3.63) is 60.7 Å². The maximum absolute atomic E-state index is 13.6. The largest absolute Gasteiger partial charge is 2.00 e. The molecule has 1 amide bonds. The van der Waals surface area contributed by atoms with Crippen molar-refractivity contribution in [3.8, 4) is 17.2 Å². The fraction of sp³-hybridized carbons (Fsp3) is 0.138. The van der Waals surface area contributed by atoms with Crippen LogP contribution in [0.5, 0.6) is 17.2 Å². The van der Waals surface area contributed by atoms with E-state index in [0.29, 0.717) is 11.1 Å². The van der Waals surface area contributed by atoms with Gasteiger partial charge in [-0.1, -0.05) is 17.6 Å². The number of amides is 1. The van der Waals surface area contributed by atoms with Gasteiger partial charge in [-0.3, -0.25) is 18.5 Å². The number of hydrazone groups is 1. The van der Waals surface area contributed by atoms with Gasteiger partial charge in [0.2, 0.25) is 6.04 Å². The monoisotopic (exact) mass is 933 g/mol. The van der Waals surface area contributed by atoms with Gasteiger partial charge in [-0.05, 0) is 59.3 Å². The quantitative estimate of drug-likeness (QED) is 0.0789. The molecule has 1 radical (unpaired) electrons. The molecule has 0 saturated heterocycles. The van der Waals surface area contributed by atoms with Crippen LogP contribution in [0.1, 0.15) is 0 Å². The van der Waals surface area contributed by atoms with Crippen molar-refractivity contribution in [1.29, 1.82) is 0 Å². The summed E-state index contributed by atoms with van der Waals surface area (Å²) >= 11 is 0. The van der Waals surface area contributed by atoms with Crippen LogP contribution in [-0.4, -0.2) is 95.5 Å². The van der Waals surface area contributed by atoms with Gasteiger partial charge in [-0.25, -0.2) is 17.4 Å². The number of aliphatic carboxylic acids is 1. The maximum Gasteiger partial charge on any atom is 2.00 e. The number of benzene rings is 4. The SMILES string of the molecule is COc1cc(N=Nc2c(S(=O)(=O)O)cc3ccc(N=NC4C(=O)N(c5ccc(S(=O)(=O)O)cc5)N=C4C(=O)O)cc3c2[O-])c([O-])cc1S(=O)(=O)CCOS(=O)(=O)O.[Cu+2]. The van der Waals surface area contributed by atoms with Gasteiger partial charge in [-0.2, -0.15) is 50.7 Å². The van der Waals surface area contributed by atoms with Crippen LogP contribution in [0.4, 0.5) is 22.7 Å². The van der Waals surface area contributed by atoms with Gasteiger partial charge in [0.15, 0.2) is 15.5 Å². The van der Waals surface area contributed by atoms with Crippen molar-refractivity contribution in [2.24, 2.45) is 25.6 Å². The van der Waals surface area contributed by atoms with E-state index in [9.17, 15) is 67.7 Å². The van der Waals surface area contributed by atoms with Crippen LogP contribution in [0.15, 0.2) is 101 Å². The molecule has 1 heterocycles. The second kappa shape index (κ2) is 16.8. The molecule has 1 aliphatic heterocycles. The molecular weight excluding hydrogens is 912 g/mol. The van der Waals surface area contributed by atoms with Crippen molar-refractivity contribution in [2.75, 3.05) is 24.5 Å². The summed E-state index contributed by atoms with van der Waals surface area (Å²) in [6, 6.07) is 7.51. The molecule has 5 rings (SSSR count). The molecule has 1 unspecified atom stereocenters. The first kappa shape index (κ1) is 45.2. The van der Waals surface area contributed by atoms with Crippen LogP contribution in [0.25, 0.3) is 10.8 Å². The molecule has 0 aromatic heterocycles. The number of hydrogen-bond acceptors (Lipinski definition) is 19. The van der Waals surface area contributed by atoms with Crippen molar-refractivity contribution in [3.63, 3.8) is 0 Å². The Morgan fingerprint density at radius 3 is 2.09 bits per heavy atom. The predicted octanol–water partition coefficient (Wildman–Crippen LogP) is 1.43. The molecule has 311 valence electrons. The Balaban J connectivity index is 0.00000744. The molecule has 4 aromatic carbocycles. The summed E-state index contributed by atoms with van der Waals surface area (Å²) in [6.07, 6.45) is 0. The van der Waals surface area contributed by atoms with Crippen LogP contribution in [0, 0.1) is 0 Å². The predicted molar refractivity (Wildman–Crippen MR) is 186 cm³/mol. The summed E-state index contributed by atoms with van der Waals surface area (Å²) < 4.78 is 131. The standard InChI is InChI=1S/C29H24N6O18S4.Cu/c1-52-21-12-19(20(36)13-22(21)54(41,42)9-8-53-57(49,50)51)31-32-24-23(56(46,47)48)10-14-2-3-15(11-18(14)27(24)37)30-33-25-26(29(39)40)34-35(28(25)38)16-4-6-17(7-5-16)55(43,44)45;/h2-7,10-13,25,36-37H,8-9H2,1H3,(H,39,40)(H,43,44,45)(H,46,47,48)(H,49,50,51);/q;+2/p-2. The molecule has 4 aromatic rings. The number of ether oxygens (including phenoxy) is 1. The molecule has 0 bridgehead atoms. The summed E-state index contributed by atoms with van der Waals surface area (Å²) in [7, 11) is -18.3. The number of fused-ring (bicyclic) bond motifs is 1. The first-order valence-electron chi connectivity index (χ1n) is 15.0. The smallest absolute Gasteiger partial charge is 0.871 e. The van der Waals surface area contributed by atoms with Crippen LogP contribution < -0.4 is 20.0 Å². The molecule has 0 saturated carbocycles. The van der Waals surface area contributed by atoms with Gasteiger partial charge < -0.3 is 20.1 Å². The maximum atomic E-state index is 13.6. The van der Waals surface area contributed by atoms with E-state index in [-0.39, 0.29) is 39.2 Å². The van der Waals surface area contributed by atoms with Gasteiger partial charge in [0.1, 0.15) is 15.5 Å². The zero-order chi connectivity index (χ0) is 42.2. The Labute approximate surface area is 337 Å². The molecule has 0 spiro atoms. The number of carboxylic acid groups (broad SMARTS) is 1. The van der Waals surface area contributed by atoms with Crippen molar-refractivity contribution in [1.82, 2.24) is 0 Å². The third-order valence-electron chi connectivity index (χ3n) is 7.51. The van der Waals surface area contributed by atoms with Gasteiger partial charge >= 0.3 is 33.4 Å². The minimum atomic E-state index is -5.21. The zero-order valence-electron chi connectivity index (χ0n) is 28.4. The number of hydrogen-bond donors (Lipinski definition) is 4. The van der Waals surface area contributed by atoms with Crippen LogP contribution in [0.3, 0.4) is 0 Å². The molecule has 0 aliphatic carbocycles. The van der Waals surface area contributed by atoms with Crippen molar-refractivity contribution >= 4 is 91.6 Å². The van der Waals surface area contributed by atoms with E-state index in [0.717, 1.165) is 55.6 Å². The number of nitrogens with zero attached hydrogens (tertiary/aromatic N) is 6. The minimum absolute atomic E-state index is 0. The van der Waals surface area contributed by atoms with Crippen LogP contribution in [-0.2, 0) is 71.3 Å². The Hall–Kier alpha value is -5.49. The van der Waals surface area contributed by atoms with E-state index in [2.05, 4.69) is 29.7 Å². The fourth-order valence-corrected chi connectivity index (χ4v) is 7.71. The second-order valence-corrected chi connectivity index (χ2v) is 17.2. The number of rotatable bonds is 14. The number of azo groups is 2. The topological polar surface area (TPSA) is 381 Å². The summed E-state index contributed by atoms with van der Waals surface area (Å²) in [4.78, 5) is 22.7. The molecule has 0 fully saturated rings. The fourth-order valence-electron chi connectivity index (χ4n) is 4.92. The molecule has 1 aliphatic rings. The Bertz CT molecular complexity index is 2890. The Morgan fingerprint density at radius 2 is 1.52 bits per heavy atom. The summed E-state index contributed by atoms with van der Waals surface area (Å²) in [5, 5.41) is 54.7. The van der Waals surface area contributed by atoms with Crippen LogP contribution >= 0.6 is 0 Å². The van der Waals surface area contributed by atoms with Crippen molar-refractivity contribution < 1.29 is 98.2 Å². The minimum Gasteiger partial charge on any atom is -0.871 e. The van der Waals surface area contributed by atoms with Gasteiger partial charge in [0, 0.05) is 6.07 Å². The average Bonchev–Trinajstić information content (AvgIpc) is 3.45. The summed E-state index contributed by atoms with van der Waals surface area (Å²) in [5.74, 6) is -6.69. The zero-order valence-corrected chi connectivity index (χ0v) is 32.6. The second-order valence-electron chi connectivity index (χ2n) is 11.2. The first-order chi connectivity index (χ1) is 26.4. The number of anilines is 1. The number of carboxylic acids is 1. The average molecular weight is 934 g/mol. The molecule has 1 atom stereocenters. The Kier molecular flexibility index (Phi) is 13.1. The number of carbonyl (C=O) groups is 2. The number of carbonyl (C=O) groups excluding carboxylic acids is 1. The van der Waals surface area contributed by atoms with E-state index in [1.165, 1.54) is 6.07 Å². The third-order valence-corrected chi connectivity index (χ3v) is 11.4. The molecule has 58 heavy (non-hydrogen) atoms. The van der Waals surface area contributed by atoms with Crippen LogP contribution in [0.2, 0.25) is 0 Å². The van der Waals surface area contributed by atoms with E-state index in [1.807, 2.05) is 0 Å². The summed E-state index contributed by atoms with van der Waals surface area (Å²) in [5.41, 5.74) is -2.86. The third kappa shape index (κ3) is 9.96. The number of sulfone groups is 1. The molecule has 29 heteroatoms. The van der Waals surface area contributed by atoms with E-state index in [1.54, 1.807) is 0 Å². The molecular formula is C29H22CuN6O18S4. The Morgan fingerprint density at radius 1 is 0.862 bits per heavy atom. The van der Waals surface area contributed by atoms with Gasteiger partial charge in [-0.15, -0.1) is 5.11 Å². The van der Waals surface area contributed by atoms with Gasteiger partial charge in [0.05, 0.1) is 47.1 Å². The number of methoxy groups -OCH3 is 1. The normalized spacial score (nSPS) is 15.2. The molecule has 24 nitrogen and oxygen atoms in total. The molecule has 4 N–H and O–H groups in total. The van der Waals surface area contributed by atoms with E-state index < -0.39 is 120 Å². The van der Waals surface area contributed by atoms with E-state index in [4.69, 9.17) is 9.29 Å². The first-order valence-corrected chi connectivity index (χ1v) is 20.9. The van der Waals surface area contributed by atoms with Gasteiger partial charge in [0.25, 0.3) is 26.1 Å². The van der Waals surface area contributed by atoms with E-state index >= 15 is 0 Å².